The summed E-state index contributed by atoms with van der Waals surface area (Å²) in [6.07, 6.45) is 23.6. The summed E-state index contributed by atoms with van der Waals surface area (Å²) >= 11 is 0. The van der Waals surface area contributed by atoms with Crippen molar-refractivity contribution in [3.05, 3.63) is 0 Å². The molecule has 0 amide bonds. The van der Waals surface area contributed by atoms with Gasteiger partial charge >= 0.3 is 5.97 Å². The second kappa shape index (κ2) is 21.5. The van der Waals surface area contributed by atoms with E-state index in [2.05, 4.69) is 13.8 Å². The molecule has 0 heterocycles. The van der Waals surface area contributed by atoms with Gasteiger partial charge in [-0.05, 0) is 12.8 Å². The van der Waals surface area contributed by atoms with Gasteiger partial charge in [0.15, 0.2) is 0 Å². The summed E-state index contributed by atoms with van der Waals surface area (Å²) in [5.74, 6) is -2.14. The fourth-order valence-corrected chi connectivity index (χ4v) is 3.49. The SMILES string of the molecule is CCCCCCCCCCCCOOC(O)(O)CCCCCCCCCCC. The van der Waals surface area contributed by atoms with Crippen LogP contribution < -0.4 is 0 Å². The van der Waals surface area contributed by atoms with Crippen LogP contribution in [0.1, 0.15) is 142 Å². The predicted octanol–water partition coefficient (Wildman–Crippen LogP) is 7.41. The van der Waals surface area contributed by atoms with Crippen molar-refractivity contribution in [1.29, 1.82) is 0 Å². The fraction of sp³-hybridized carbons (Fsp3) is 1.00. The van der Waals surface area contributed by atoms with Crippen molar-refractivity contribution in [2.45, 2.75) is 148 Å². The van der Waals surface area contributed by atoms with Gasteiger partial charge in [-0.25, -0.2) is 4.89 Å². The maximum Gasteiger partial charge on any atom is 0.307 e. The van der Waals surface area contributed by atoms with Crippen LogP contribution >= 0.6 is 0 Å². The highest BCUT2D eigenvalue weighted by molar-refractivity contribution is 4.52. The highest BCUT2D eigenvalue weighted by atomic mass is 17.2. The third-order valence-corrected chi connectivity index (χ3v) is 5.38. The van der Waals surface area contributed by atoms with Crippen LogP contribution in [-0.2, 0) is 9.78 Å². The lowest BCUT2D eigenvalue weighted by molar-refractivity contribution is -0.489. The van der Waals surface area contributed by atoms with Crippen molar-refractivity contribution < 1.29 is 20.0 Å². The highest BCUT2D eigenvalue weighted by Crippen LogP contribution is 2.17. The molecule has 2 N–H and O–H groups in total. The molecule has 0 aromatic heterocycles. The van der Waals surface area contributed by atoms with Crippen LogP contribution in [0.3, 0.4) is 0 Å². The molecule has 0 aliphatic rings. The molecule has 0 spiro atoms. The average Bonchev–Trinajstić information content (AvgIpc) is 2.67. The zero-order valence-corrected chi connectivity index (χ0v) is 19.1. The third-order valence-electron chi connectivity index (χ3n) is 5.38. The van der Waals surface area contributed by atoms with E-state index in [0.29, 0.717) is 6.61 Å². The van der Waals surface area contributed by atoms with Gasteiger partial charge < -0.3 is 10.2 Å². The number of rotatable bonds is 23. The molecular weight excluding hydrogens is 352 g/mol. The molecule has 0 aliphatic heterocycles. The van der Waals surface area contributed by atoms with Gasteiger partial charge in [0.05, 0.1) is 6.61 Å². The van der Waals surface area contributed by atoms with Crippen LogP contribution in [0.4, 0.5) is 0 Å². The third kappa shape index (κ3) is 22.1. The summed E-state index contributed by atoms with van der Waals surface area (Å²) in [6.45, 7) is 4.91. The van der Waals surface area contributed by atoms with E-state index in [1.165, 1.54) is 89.9 Å². The molecule has 0 aromatic rings. The van der Waals surface area contributed by atoms with Crippen molar-refractivity contribution in [3.8, 4) is 0 Å². The van der Waals surface area contributed by atoms with E-state index in [-0.39, 0.29) is 6.42 Å². The summed E-state index contributed by atoms with van der Waals surface area (Å²) in [5.41, 5.74) is 0. The van der Waals surface area contributed by atoms with E-state index in [1.54, 1.807) is 0 Å². The van der Waals surface area contributed by atoms with E-state index in [9.17, 15) is 10.2 Å². The first-order chi connectivity index (χ1) is 13.6. The Labute approximate surface area is 175 Å². The minimum Gasteiger partial charge on any atom is -0.342 e. The van der Waals surface area contributed by atoms with Gasteiger partial charge in [-0.2, -0.15) is 4.89 Å². The van der Waals surface area contributed by atoms with Gasteiger partial charge in [-0.1, -0.05) is 123 Å². The molecular formula is C24H50O4. The van der Waals surface area contributed by atoms with Crippen LogP contribution in [0, 0.1) is 0 Å². The molecule has 0 rings (SSSR count). The van der Waals surface area contributed by atoms with Gasteiger partial charge in [0.1, 0.15) is 0 Å². The molecule has 0 radical (unpaired) electrons. The van der Waals surface area contributed by atoms with Crippen molar-refractivity contribution in [3.63, 3.8) is 0 Å². The minimum atomic E-state index is -2.14. The molecule has 4 nitrogen and oxygen atoms in total. The Morgan fingerprint density at radius 3 is 1.29 bits per heavy atom. The molecule has 0 saturated heterocycles. The van der Waals surface area contributed by atoms with Gasteiger partial charge in [0.25, 0.3) is 0 Å². The number of aliphatic hydroxyl groups is 2. The first-order valence-corrected chi connectivity index (χ1v) is 12.4. The lowest BCUT2D eigenvalue weighted by atomic mass is 10.1. The predicted molar refractivity (Wildman–Crippen MR) is 118 cm³/mol. The second-order valence-electron chi connectivity index (χ2n) is 8.41. The largest absolute Gasteiger partial charge is 0.342 e. The van der Waals surface area contributed by atoms with Crippen molar-refractivity contribution >= 4 is 0 Å². The Bertz CT molecular complexity index is 294. The molecule has 0 saturated carbocycles. The monoisotopic (exact) mass is 402 g/mol. The Kier molecular flexibility index (Phi) is 21.4. The quantitative estimate of drug-likeness (QED) is 0.0808. The average molecular weight is 403 g/mol. The van der Waals surface area contributed by atoms with E-state index in [1.807, 2.05) is 0 Å². The topological polar surface area (TPSA) is 58.9 Å². The van der Waals surface area contributed by atoms with E-state index in [0.717, 1.165) is 32.1 Å². The number of hydrogen-bond donors (Lipinski definition) is 2. The standard InChI is InChI=1S/C24H50O4/c1-3-5-7-9-11-13-15-17-19-21-23-27-28-24(25,26)22-20-18-16-14-12-10-8-6-4-2/h25-26H,3-23H2,1-2H3. The zero-order chi connectivity index (χ0) is 20.8. The maximum atomic E-state index is 9.78. The van der Waals surface area contributed by atoms with Crippen molar-refractivity contribution in [2.24, 2.45) is 0 Å². The maximum absolute atomic E-state index is 9.78. The van der Waals surface area contributed by atoms with Crippen LogP contribution in [0.15, 0.2) is 0 Å². The van der Waals surface area contributed by atoms with Crippen molar-refractivity contribution in [1.82, 2.24) is 0 Å². The summed E-state index contributed by atoms with van der Waals surface area (Å²) < 4.78 is 0. The van der Waals surface area contributed by atoms with E-state index < -0.39 is 5.97 Å². The Morgan fingerprint density at radius 1 is 0.500 bits per heavy atom. The van der Waals surface area contributed by atoms with Crippen molar-refractivity contribution in [2.75, 3.05) is 6.61 Å². The van der Waals surface area contributed by atoms with Gasteiger partial charge in [0.2, 0.25) is 0 Å². The summed E-state index contributed by atoms with van der Waals surface area (Å²) in [7, 11) is 0. The smallest absolute Gasteiger partial charge is 0.307 e. The van der Waals surface area contributed by atoms with Gasteiger partial charge in [0, 0.05) is 6.42 Å². The Hall–Kier alpha value is -0.160. The minimum absolute atomic E-state index is 0.209. The van der Waals surface area contributed by atoms with Gasteiger partial charge in [-0.3, -0.25) is 0 Å². The number of unbranched alkanes of at least 4 members (excludes halogenated alkanes) is 17. The molecule has 28 heavy (non-hydrogen) atoms. The van der Waals surface area contributed by atoms with Crippen LogP contribution in [0.2, 0.25) is 0 Å². The van der Waals surface area contributed by atoms with Gasteiger partial charge in [-0.15, -0.1) is 0 Å². The molecule has 0 bridgehead atoms. The van der Waals surface area contributed by atoms with Crippen LogP contribution in [0.5, 0.6) is 0 Å². The molecule has 0 aromatic carbocycles. The Balaban J connectivity index is 3.30. The van der Waals surface area contributed by atoms with Crippen LogP contribution in [0.25, 0.3) is 0 Å². The molecule has 4 heteroatoms. The highest BCUT2D eigenvalue weighted by Gasteiger charge is 2.24. The second-order valence-corrected chi connectivity index (χ2v) is 8.41. The molecule has 0 aliphatic carbocycles. The first kappa shape index (κ1) is 27.8. The van der Waals surface area contributed by atoms with E-state index >= 15 is 0 Å². The van der Waals surface area contributed by atoms with E-state index in [4.69, 9.17) is 9.78 Å². The fourth-order valence-electron chi connectivity index (χ4n) is 3.49. The molecule has 170 valence electrons. The number of hydrogen-bond acceptors (Lipinski definition) is 4. The molecule has 0 atom stereocenters. The lowest BCUT2D eigenvalue weighted by Gasteiger charge is -2.20. The Morgan fingerprint density at radius 2 is 0.857 bits per heavy atom. The lowest BCUT2D eigenvalue weighted by Crippen LogP contribution is -2.32. The first-order valence-electron chi connectivity index (χ1n) is 12.4. The summed E-state index contributed by atoms with van der Waals surface area (Å²) in [5, 5.41) is 19.6. The summed E-state index contributed by atoms with van der Waals surface area (Å²) in [4.78, 5) is 9.80. The van der Waals surface area contributed by atoms with Crippen LogP contribution in [-0.4, -0.2) is 22.8 Å². The molecule has 0 unspecified atom stereocenters. The zero-order valence-electron chi connectivity index (χ0n) is 19.1. The normalized spacial score (nSPS) is 12.0. The molecule has 0 fully saturated rings. The summed E-state index contributed by atoms with van der Waals surface area (Å²) in [6, 6.07) is 0.